The molecule has 0 saturated heterocycles. The van der Waals surface area contributed by atoms with E-state index in [-0.39, 0.29) is 24.8 Å². The summed E-state index contributed by atoms with van der Waals surface area (Å²) in [5.41, 5.74) is 2.93. The number of hydrogen-bond donors (Lipinski definition) is 1. The number of pyridine rings is 1. The standard InChI is InChI=1S/C26H35F4N5O/c1-34-25(27)20(17-31-34)16-24(36)33-21-5-2-18(3-6-21)9-13-35-14-10-19-4-7-22(8-12-26(28,29)30)32-23(19)11-15-35/h4,7,17-18,21H,2-3,5-6,8-16H2,1H3,(H,33,36)/t18-,21-. The number of fused-ring (bicyclic) bond motifs is 1. The van der Waals surface area contributed by atoms with Crippen LogP contribution in [0.4, 0.5) is 17.6 Å². The summed E-state index contributed by atoms with van der Waals surface area (Å²) in [6.07, 6.45) is 3.08. The van der Waals surface area contributed by atoms with Crippen LogP contribution in [0.25, 0.3) is 0 Å². The number of carbonyl (C=O) groups is 1. The van der Waals surface area contributed by atoms with Crippen LogP contribution < -0.4 is 5.32 Å². The number of nitrogens with zero attached hydrogens (tertiary/aromatic N) is 4. The molecule has 2 aromatic rings. The molecule has 1 aliphatic heterocycles. The highest BCUT2D eigenvalue weighted by Crippen LogP contribution is 2.28. The molecule has 3 heterocycles. The Morgan fingerprint density at radius 2 is 1.89 bits per heavy atom. The van der Waals surface area contributed by atoms with Gasteiger partial charge in [-0.3, -0.25) is 9.78 Å². The molecule has 1 N–H and O–H groups in total. The van der Waals surface area contributed by atoms with Crippen LogP contribution in [0.15, 0.2) is 18.3 Å². The molecule has 0 radical (unpaired) electrons. The minimum atomic E-state index is -4.16. The van der Waals surface area contributed by atoms with Crippen molar-refractivity contribution in [3.8, 4) is 0 Å². The minimum Gasteiger partial charge on any atom is -0.353 e. The summed E-state index contributed by atoms with van der Waals surface area (Å²) >= 11 is 0. The Labute approximate surface area is 209 Å². The number of amides is 1. The summed E-state index contributed by atoms with van der Waals surface area (Å²) in [5, 5.41) is 6.89. The van der Waals surface area contributed by atoms with Crippen molar-refractivity contribution in [1.82, 2.24) is 25.0 Å². The third kappa shape index (κ3) is 7.51. The summed E-state index contributed by atoms with van der Waals surface area (Å²) in [6.45, 7) is 2.81. The van der Waals surface area contributed by atoms with Gasteiger partial charge >= 0.3 is 6.18 Å². The van der Waals surface area contributed by atoms with Gasteiger partial charge in [0.2, 0.25) is 11.9 Å². The maximum atomic E-state index is 13.9. The van der Waals surface area contributed by atoms with Crippen LogP contribution in [0.2, 0.25) is 0 Å². The predicted octanol–water partition coefficient (Wildman–Crippen LogP) is 4.16. The molecule has 1 saturated carbocycles. The molecular weight excluding hydrogens is 474 g/mol. The molecule has 0 bridgehead atoms. The highest BCUT2D eigenvalue weighted by atomic mass is 19.4. The summed E-state index contributed by atoms with van der Waals surface area (Å²) in [7, 11) is 1.51. The molecular formula is C26H35F4N5O. The Hall–Kier alpha value is -2.49. The monoisotopic (exact) mass is 509 g/mol. The number of aryl methyl sites for hydroxylation is 2. The van der Waals surface area contributed by atoms with Crippen molar-refractivity contribution in [3.63, 3.8) is 0 Å². The molecule has 2 aliphatic rings. The highest BCUT2D eigenvalue weighted by Gasteiger charge is 2.27. The van der Waals surface area contributed by atoms with Gasteiger partial charge in [0.25, 0.3) is 0 Å². The molecule has 1 fully saturated rings. The highest BCUT2D eigenvalue weighted by molar-refractivity contribution is 5.78. The van der Waals surface area contributed by atoms with Gasteiger partial charge in [0.05, 0.1) is 12.6 Å². The third-order valence-electron chi connectivity index (χ3n) is 7.51. The maximum Gasteiger partial charge on any atom is 0.389 e. The average molecular weight is 510 g/mol. The summed E-state index contributed by atoms with van der Waals surface area (Å²) in [4.78, 5) is 19.3. The molecule has 10 heteroatoms. The number of carbonyl (C=O) groups excluding carboxylic acids is 1. The Balaban J connectivity index is 1.16. The van der Waals surface area contributed by atoms with Gasteiger partial charge in [-0.1, -0.05) is 6.07 Å². The van der Waals surface area contributed by atoms with Crippen molar-refractivity contribution in [2.75, 3.05) is 19.6 Å². The van der Waals surface area contributed by atoms with Crippen molar-refractivity contribution >= 4 is 5.91 Å². The lowest BCUT2D eigenvalue weighted by atomic mass is 9.84. The molecule has 6 nitrogen and oxygen atoms in total. The lowest BCUT2D eigenvalue weighted by Gasteiger charge is -2.30. The van der Waals surface area contributed by atoms with Crippen molar-refractivity contribution in [1.29, 1.82) is 0 Å². The zero-order valence-electron chi connectivity index (χ0n) is 20.8. The predicted molar refractivity (Wildman–Crippen MR) is 128 cm³/mol. The zero-order chi connectivity index (χ0) is 25.7. The van der Waals surface area contributed by atoms with E-state index in [1.807, 2.05) is 6.07 Å². The first-order chi connectivity index (χ1) is 17.2. The first kappa shape index (κ1) is 26.6. The van der Waals surface area contributed by atoms with E-state index in [4.69, 9.17) is 0 Å². The van der Waals surface area contributed by atoms with E-state index in [2.05, 4.69) is 20.3 Å². The fourth-order valence-electron chi connectivity index (χ4n) is 5.31. The molecule has 36 heavy (non-hydrogen) atoms. The molecule has 2 aromatic heterocycles. The van der Waals surface area contributed by atoms with Gasteiger partial charge in [-0.05, 0) is 69.0 Å². The Kier molecular flexibility index (Phi) is 8.64. The Morgan fingerprint density at radius 3 is 2.58 bits per heavy atom. The van der Waals surface area contributed by atoms with E-state index in [1.165, 1.54) is 13.2 Å². The first-order valence-electron chi connectivity index (χ1n) is 12.9. The number of aromatic nitrogens is 3. The topological polar surface area (TPSA) is 63.1 Å². The summed E-state index contributed by atoms with van der Waals surface area (Å²) in [5.74, 6) is -0.0144. The minimum absolute atomic E-state index is 0.00955. The summed E-state index contributed by atoms with van der Waals surface area (Å²) in [6, 6.07) is 3.83. The molecule has 0 unspecified atom stereocenters. The van der Waals surface area contributed by atoms with Gasteiger partial charge in [-0.15, -0.1) is 0 Å². The molecule has 0 atom stereocenters. The third-order valence-corrected chi connectivity index (χ3v) is 7.51. The van der Waals surface area contributed by atoms with Crippen molar-refractivity contribution in [2.45, 2.75) is 76.4 Å². The normalized spacial score (nSPS) is 21.1. The largest absolute Gasteiger partial charge is 0.389 e. The molecule has 198 valence electrons. The van der Waals surface area contributed by atoms with E-state index in [0.29, 0.717) is 17.2 Å². The second-order valence-corrected chi connectivity index (χ2v) is 10.2. The van der Waals surface area contributed by atoms with Crippen molar-refractivity contribution in [2.24, 2.45) is 13.0 Å². The van der Waals surface area contributed by atoms with E-state index in [1.54, 1.807) is 6.07 Å². The molecule has 4 rings (SSSR count). The zero-order valence-corrected chi connectivity index (χ0v) is 20.8. The number of nitrogens with one attached hydrogen (secondary N) is 1. The fraction of sp³-hybridized carbons (Fsp3) is 0.654. The molecule has 0 spiro atoms. The number of alkyl halides is 3. The molecule has 1 aliphatic carbocycles. The van der Waals surface area contributed by atoms with Gasteiger partial charge in [0.1, 0.15) is 0 Å². The average Bonchev–Trinajstić information content (AvgIpc) is 3.03. The Bertz CT molecular complexity index is 1030. The smallest absolute Gasteiger partial charge is 0.353 e. The lowest BCUT2D eigenvalue weighted by molar-refractivity contribution is -0.134. The number of halogens is 4. The second-order valence-electron chi connectivity index (χ2n) is 10.2. The quantitative estimate of drug-likeness (QED) is 0.543. The second kappa shape index (κ2) is 11.7. The maximum absolute atomic E-state index is 13.9. The molecule has 1 amide bonds. The van der Waals surface area contributed by atoms with Crippen LogP contribution in [0.1, 0.15) is 61.0 Å². The SMILES string of the molecule is Cn1ncc(CC(=O)N[C@H]2CC[C@H](CCN3CCc4ccc(CCC(F)(F)F)nc4CC3)CC2)c1F. The van der Waals surface area contributed by atoms with Crippen LogP contribution >= 0.6 is 0 Å². The van der Waals surface area contributed by atoms with Gasteiger partial charge in [0, 0.05) is 56.0 Å². The van der Waals surface area contributed by atoms with Crippen molar-refractivity contribution in [3.05, 3.63) is 46.8 Å². The van der Waals surface area contributed by atoms with Gasteiger partial charge < -0.3 is 10.2 Å². The summed E-state index contributed by atoms with van der Waals surface area (Å²) < 4.78 is 52.6. The van der Waals surface area contributed by atoms with Crippen LogP contribution in [0.3, 0.4) is 0 Å². The van der Waals surface area contributed by atoms with E-state index < -0.39 is 18.5 Å². The number of rotatable bonds is 8. The van der Waals surface area contributed by atoms with Gasteiger partial charge in [-0.25, -0.2) is 4.68 Å². The van der Waals surface area contributed by atoms with E-state index >= 15 is 0 Å². The van der Waals surface area contributed by atoms with E-state index in [0.717, 1.165) is 80.5 Å². The van der Waals surface area contributed by atoms with Crippen LogP contribution in [-0.4, -0.2) is 57.4 Å². The van der Waals surface area contributed by atoms with Gasteiger partial charge in [0.15, 0.2) is 0 Å². The first-order valence-corrected chi connectivity index (χ1v) is 12.9. The van der Waals surface area contributed by atoms with Crippen molar-refractivity contribution < 1.29 is 22.4 Å². The molecule has 0 aromatic carbocycles. The van der Waals surface area contributed by atoms with E-state index in [9.17, 15) is 22.4 Å². The van der Waals surface area contributed by atoms with Gasteiger partial charge in [-0.2, -0.15) is 22.7 Å². The van der Waals surface area contributed by atoms with Crippen LogP contribution in [0, 0.1) is 11.9 Å². The lowest BCUT2D eigenvalue weighted by Crippen LogP contribution is -2.39. The Morgan fingerprint density at radius 1 is 1.14 bits per heavy atom. The van der Waals surface area contributed by atoms with Crippen LogP contribution in [0.5, 0.6) is 0 Å². The van der Waals surface area contributed by atoms with Crippen LogP contribution in [-0.2, 0) is 37.5 Å². The fourth-order valence-corrected chi connectivity index (χ4v) is 5.31. The number of hydrogen-bond acceptors (Lipinski definition) is 4.